The summed E-state index contributed by atoms with van der Waals surface area (Å²) < 4.78 is 0.999. The molecule has 1 aromatic rings. The molecular weight excluding hydrogens is 298 g/mol. The zero-order chi connectivity index (χ0) is 12.3. The van der Waals surface area contributed by atoms with Gasteiger partial charge < -0.3 is 5.32 Å². The number of hydrogen-bond donors (Lipinski definition) is 1. The second-order valence-corrected chi connectivity index (χ2v) is 6.00. The van der Waals surface area contributed by atoms with Crippen LogP contribution in [0.1, 0.15) is 44.2 Å². The molecule has 1 atom stereocenters. The minimum Gasteiger partial charge on any atom is -0.310 e. The Kier molecular flexibility index (Phi) is 4.89. The largest absolute Gasteiger partial charge is 0.310 e. The molecule has 1 aliphatic rings. The van der Waals surface area contributed by atoms with Gasteiger partial charge in [0.1, 0.15) is 0 Å². The predicted octanol–water partition coefficient (Wildman–Crippen LogP) is 4.94. The Balaban J connectivity index is 2.21. The number of nitrogens with one attached hydrogen (secondary N) is 1. The lowest BCUT2D eigenvalue weighted by Crippen LogP contribution is -2.32. The Hall–Kier alpha value is -0.0500. The van der Waals surface area contributed by atoms with Crippen LogP contribution in [0.2, 0.25) is 5.02 Å². The van der Waals surface area contributed by atoms with Crippen molar-refractivity contribution in [2.75, 3.05) is 6.54 Å². The molecule has 1 aromatic carbocycles. The van der Waals surface area contributed by atoms with Gasteiger partial charge in [-0.15, -0.1) is 0 Å². The summed E-state index contributed by atoms with van der Waals surface area (Å²) in [6.45, 7) is 3.26. The Labute approximate surface area is 117 Å². The smallest absolute Gasteiger partial charge is 0.0595 e. The topological polar surface area (TPSA) is 12.0 Å². The molecule has 1 saturated carbocycles. The molecule has 1 aliphatic carbocycles. The van der Waals surface area contributed by atoms with Crippen LogP contribution in [-0.2, 0) is 0 Å². The molecule has 0 spiro atoms. The van der Waals surface area contributed by atoms with Gasteiger partial charge in [-0.25, -0.2) is 0 Å². The lowest BCUT2D eigenvalue weighted by atomic mass is 9.77. The molecule has 17 heavy (non-hydrogen) atoms. The van der Waals surface area contributed by atoms with Crippen LogP contribution in [0.4, 0.5) is 0 Å². The van der Waals surface area contributed by atoms with Crippen molar-refractivity contribution in [3.63, 3.8) is 0 Å². The Bertz CT molecular complexity index is 376. The zero-order valence-corrected chi connectivity index (χ0v) is 12.5. The number of rotatable bonds is 5. The van der Waals surface area contributed by atoms with E-state index in [0.717, 1.165) is 28.4 Å². The van der Waals surface area contributed by atoms with E-state index in [1.54, 1.807) is 0 Å². The summed E-state index contributed by atoms with van der Waals surface area (Å²) in [5.41, 5.74) is 1.25. The first-order chi connectivity index (χ1) is 8.24. The van der Waals surface area contributed by atoms with E-state index >= 15 is 0 Å². The van der Waals surface area contributed by atoms with Gasteiger partial charge in [0, 0.05) is 10.5 Å². The van der Waals surface area contributed by atoms with Crippen molar-refractivity contribution in [3.05, 3.63) is 33.3 Å². The normalized spacial score (nSPS) is 17.8. The first-order valence-electron chi connectivity index (χ1n) is 6.41. The van der Waals surface area contributed by atoms with Crippen LogP contribution in [0.5, 0.6) is 0 Å². The van der Waals surface area contributed by atoms with E-state index in [1.165, 1.54) is 24.8 Å². The summed E-state index contributed by atoms with van der Waals surface area (Å²) in [4.78, 5) is 0. The SMILES string of the molecule is CCCNC(c1cccc(Br)c1Cl)C1CCC1. The highest BCUT2D eigenvalue weighted by Gasteiger charge is 2.29. The maximum absolute atomic E-state index is 6.41. The van der Waals surface area contributed by atoms with Crippen LogP contribution in [0.15, 0.2) is 22.7 Å². The van der Waals surface area contributed by atoms with Crippen molar-refractivity contribution in [1.82, 2.24) is 5.32 Å². The number of benzene rings is 1. The highest BCUT2D eigenvalue weighted by molar-refractivity contribution is 9.10. The van der Waals surface area contributed by atoms with Crippen LogP contribution in [-0.4, -0.2) is 6.54 Å². The first kappa shape index (κ1) is 13.4. The molecule has 0 saturated heterocycles. The highest BCUT2D eigenvalue weighted by Crippen LogP contribution is 2.41. The van der Waals surface area contributed by atoms with Gasteiger partial charge in [-0.2, -0.15) is 0 Å². The van der Waals surface area contributed by atoms with Gasteiger partial charge in [-0.05, 0) is 59.3 Å². The lowest BCUT2D eigenvalue weighted by molar-refractivity contribution is 0.231. The van der Waals surface area contributed by atoms with Crippen LogP contribution in [0.25, 0.3) is 0 Å². The van der Waals surface area contributed by atoms with E-state index < -0.39 is 0 Å². The predicted molar refractivity (Wildman–Crippen MR) is 77.5 cm³/mol. The average molecular weight is 317 g/mol. The van der Waals surface area contributed by atoms with E-state index in [2.05, 4.69) is 40.3 Å². The summed E-state index contributed by atoms with van der Waals surface area (Å²) >= 11 is 9.92. The maximum atomic E-state index is 6.41. The van der Waals surface area contributed by atoms with Crippen LogP contribution >= 0.6 is 27.5 Å². The molecule has 0 amide bonds. The molecule has 0 bridgehead atoms. The molecule has 2 rings (SSSR count). The summed E-state index contributed by atoms with van der Waals surface area (Å²) in [6, 6.07) is 6.65. The van der Waals surface area contributed by atoms with Crippen molar-refractivity contribution in [2.24, 2.45) is 5.92 Å². The van der Waals surface area contributed by atoms with Gasteiger partial charge >= 0.3 is 0 Å². The molecule has 3 heteroatoms. The van der Waals surface area contributed by atoms with Gasteiger partial charge in [-0.1, -0.05) is 37.1 Å². The lowest BCUT2D eigenvalue weighted by Gasteiger charge is -2.35. The first-order valence-corrected chi connectivity index (χ1v) is 7.58. The molecular formula is C14H19BrClN. The molecule has 0 heterocycles. The minimum atomic E-state index is 0.425. The van der Waals surface area contributed by atoms with Crippen molar-refractivity contribution in [2.45, 2.75) is 38.6 Å². The number of halogens is 2. The third-order valence-electron chi connectivity index (χ3n) is 3.55. The molecule has 0 aliphatic heterocycles. The van der Waals surface area contributed by atoms with Gasteiger partial charge in [-0.3, -0.25) is 0 Å². The Morgan fingerprint density at radius 1 is 1.47 bits per heavy atom. The second kappa shape index (κ2) is 6.21. The van der Waals surface area contributed by atoms with Crippen molar-refractivity contribution in [3.8, 4) is 0 Å². The van der Waals surface area contributed by atoms with Gasteiger partial charge in [0.25, 0.3) is 0 Å². The van der Waals surface area contributed by atoms with Crippen molar-refractivity contribution >= 4 is 27.5 Å². The van der Waals surface area contributed by atoms with E-state index in [9.17, 15) is 0 Å². The van der Waals surface area contributed by atoms with E-state index in [4.69, 9.17) is 11.6 Å². The fourth-order valence-electron chi connectivity index (χ4n) is 2.36. The third-order valence-corrected chi connectivity index (χ3v) is 4.86. The standard InChI is InChI=1S/C14H19BrClN/c1-2-9-17-14(10-5-3-6-10)11-7-4-8-12(15)13(11)16/h4,7-8,10,14,17H,2-3,5-6,9H2,1H3. The fraction of sp³-hybridized carbons (Fsp3) is 0.571. The summed E-state index contributed by atoms with van der Waals surface area (Å²) in [7, 11) is 0. The van der Waals surface area contributed by atoms with Crippen molar-refractivity contribution < 1.29 is 0 Å². The van der Waals surface area contributed by atoms with Crippen molar-refractivity contribution in [1.29, 1.82) is 0 Å². The zero-order valence-electron chi connectivity index (χ0n) is 10.2. The van der Waals surface area contributed by atoms with E-state index in [-0.39, 0.29) is 0 Å². The monoisotopic (exact) mass is 315 g/mol. The Morgan fingerprint density at radius 2 is 2.24 bits per heavy atom. The van der Waals surface area contributed by atoms with Crippen LogP contribution < -0.4 is 5.32 Å². The molecule has 94 valence electrons. The van der Waals surface area contributed by atoms with Gasteiger partial charge in [0.05, 0.1) is 5.02 Å². The van der Waals surface area contributed by atoms with Gasteiger partial charge in [0.15, 0.2) is 0 Å². The minimum absolute atomic E-state index is 0.425. The van der Waals surface area contributed by atoms with Gasteiger partial charge in [0.2, 0.25) is 0 Å². The third kappa shape index (κ3) is 3.04. The summed E-state index contributed by atoms with van der Waals surface area (Å²) in [5, 5.41) is 4.52. The number of hydrogen-bond acceptors (Lipinski definition) is 1. The molecule has 1 unspecified atom stereocenters. The molecule has 0 aromatic heterocycles. The quantitative estimate of drug-likeness (QED) is 0.811. The maximum Gasteiger partial charge on any atom is 0.0595 e. The average Bonchev–Trinajstić information content (AvgIpc) is 2.26. The molecule has 1 N–H and O–H groups in total. The van der Waals surface area contributed by atoms with Crippen LogP contribution in [0.3, 0.4) is 0 Å². The van der Waals surface area contributed by atoms with Crippen LogP contribution in [0, 0.1) is 5.92 Å². The summed E-state index contributed by atoms with van der Waals surface area (Å²) in [5.74, 6) is 0.758. The fourth-order valence-corrected chi connectivity index (χ4v) is 2.99. The Morgan fingerprint density at radius 3 is 2.82 bits per heavy atom. The highest BCUT2D eigenvalue weighted by atomic mass is 79.9. The van der Waals surface area contributed by atoms with E-state index in [1.807, 2.05) is 6.07 Å². The molecule has 1 nitrogen and oxygen atoms in total. The molecule has 1 fully saturated rings. The second-order valence-electron chi connectivity index (χ2n) is 4.77. The summed E-state index contributed by atoms with van der Waals surface area (Å²) in [6.07, 6.45) is 5.17. The molecule has 0 radical (unpaired) electrons. The van der Waals surface area contributed by atoms with E-state index in [0.29, 0.717) is 6.04 Å².